The van der Waals surface area contributed by atoms with Crippen LogP contribution in [-0.2, 0) is 20.4 Å². The number of aromatic amines is 1. The van der Waals surface area contributed by atoms with Gasteiger partial charge in [0.15, 0.2) is 0 Å². The third-order valence-corrected chi connectivity index (χ3v) is 5.18. The minimum atomic E-state index is -1.64. The molecule has 0 spiro atoms. The van der Waals surface area contributed by atoms with Gasteiger partial charge in [-0.2, -0.15) is 0 Å². The van der Waals surface area contributed by atoms with E-state index in [0.717, 1.165) is 10.1 Å². The highest BCUT2D eigenvalue weighted by molar-refractivity contribution is 7.42. The number of H-pyrrole nitrogens is 1. The summed E-state index contributed by atoms with van der Waals surface area (Å²) in [7, 11) is -1.64. The average Bonchev–Trinajstić information content (AvgIpc) is 3.00. The van der Waals surface area contributed by atoms with Crippen LogP contribution in [0.1, 0.15) is 18.2 Å². The number of hydrogen-bond donors (Lipinski definition) is 1. The van der Waals surface area contributed by atoms with Gasteiger partial charge in [0, 0.05) is 24.2 Å². The summed E-state index contributed by atoms with van der Waals surface area (Å²) in [5.41, 5.74) is -0.236. The Morgan fingerprint density at radius 1 is 1.31 bits per heavy atom. The molecule has 0 aliphatic carbocycles. The van der Waals surface area contributed by atoms with Crippen molar-refractivity contribution in [2.75, 3.05) is 6.61 Å². The predicted octanol–water partition coefficient (Wildman–Crippen LogP) is 2.01. The lowest BCUT2D eigenvalue weighted by Crippen LogP contribution is -2.31. The van der Waals surface area contributed by atoms with E-state index in [9.17, 15) is 14.0 Å². The summed E-state index contributed by atoms with van der Waals surface area (Å²) in [6.45, 7) is 0.297. The van der Waals surface area contributed by atoms with Crippen LogP contribution < -0.4 is 15.8 Å². The van der Waals surface area contributed by atoms with Crippen LogP contribution in [-0.4, -0.2) is 28.4 Å². The monoisotopic (exact) mass is 382 g/mol. The predicted molar refractivity (Wildman–Crippen MR) is 89.5 cm³/mol. The van der Waals surface area contributed by atoms with Crippen LogP contribution >= 0.6 is 8.60 Å². The maximum absolute atomic E-state index is 14.3. The number of alkyl halides is 1. The largest absolute Gasteiger partial charge is 0.426 e. The number of ether oxygens (including phenoxy) is 1. The maximum atomic E-state index is 14.3. The fourth-order valence-electron chi connectivity index (χ4n) is 2.80. The van der Waals surface area contributed by atoms with E-state index in [4.69, 9.17) is 18.3 Å². The summed E-state index contributed by atoms with van der Waals surface area (Å²) in [6, 6.07) is 8.64. The molecule has 4 rings (SSSR count). The molecule has 3 heterocycles. The highest BCUT2D eigenvalue weighted by Gasteiger charge is 2.38. The lowest BCUT2D eigenvalue weighted by atomic mass is 10.2. The Morgan fingerprint density at radius 3 is 3.00 bits per heavy atom. The normalized spacial score (nSPS) is 27.7. The van der Waals surface area contributed by atoms with E-state index in [1.807, 2.05) is 24.3 Å². The summed E-state index contributed by atoms with van der Waals surface area (Å²) in [4.78, 5) is 25.0. The van der Waals surface area contributed by atoms with Gasteiger partial charge in [-0.05, 0) is 6.07 Å². The summed E-state index contributed by atoms with van der Waals surface area (Å²) < 4.78 is 37.6. The number of benzene rings is 1. The summed E-state index contributed by atoms with van der Waals surface area (Å²) in [5, 5.41) is 0. The van der Waals surface area contributed by atoms with E-state index in [1.165, 1.54) is 12.3 Å². The summed E-state index contributed by atoms with van der Waals surface area (Å²) in [5.74, 6) is 0.687. The van der Waals surface area contributed by atoms with E-state index in [-0.39, 0.29) is 13.0 Å². The smallest absolute Gasteiger partial charge is 0.397 e. The van der Waals surface area contributed by atoms with Gasteiger partial charge in [0.25, 0.3) is 5.56 Å². The molecule has 26 heavy (non-hydrogen) atoms. The molecular weight excluding hydrogens is 366 g/mol. The number of hydrogen-bond acceptors (Lipinski definition) is 6. The minimum Gasteiger partial charge on any atom is -0.426 e. The van der Waals surface area contributed by atoms with Crippen LogP contribution in [0.15, 0.2) is 46.1 Å². The van der Waals surface area contributed by atoms with E-state index < -0.39 is 38.4 Å². The number of rotatable bonds is 4. The Bertz CT molecular complexity index is 903. The molecule has 1 N–H and O–H groups in total. The Labute approximate surface area is 148 Å². The number of para-hydroxylation sites is 1. The third-order valence-electron chi connectivity index (χ3n) is 4.14. The first kappa shape index (κ1) is 17.4. The first-order valence-corrected chi connectivity index (χ1v) is 9.12. The van der Waals surface area contributed by atoms with Crippen molar-refractivity contribution in [3.05, 3.63) is 62.9 Å². The van der Waals surface area contributed by atoms with Crippen molar-refractivity contribution in [3.8, 4) is 5.75 Å². The minimum absolute atomic E-state index is 0.0115. The van der Waals surface area contributed by atoms with Gasteiger partial charge in [-0.3, -0.25) is 23.4 Å². The van der Waals surface area contributed by atoms with E-state index in [0.29, 0.717) is 12.4 Å². The summed E-state index contributed by atoms with van der Waals surface area (Å²) in [6.07, 6.45) is -1.69. The zero-order valence-corrected chi connectivity index (χ0v) is 14.4. The van der Waals surface area contributed by atoms with Crippen LogP contribution in [0.2, 0.25) is 0 Å². The van der Waals surface area contributed by atoms with Gasteiger partial charge in [-0.25, -0.2) is 9.18 Å². The zero-order valence-electron chi connectivity index (χ0n) is 13.5. The van der Waals surface area contributed by atoms with Crippen molar-refractivity contribution in [2.24, 2.45) is 0 Å². The maximum Gasteiger partial charge on any atom is 0.397 e. The highest BCUT2D eigenvalue weighted by atomic mass is 31.2. The molecule has 10 heteroatoms. The second kappa shape index (κ2) is 7.28. The quantitative estimate of drug-likeness (QED) is 0.814. The molecule has 0 bridgehead atoms. The molecule has 1 fully saturated rings. The van der Waals surface area contributed by atoms with Crippen LogP contribution in [0.3, 0.4) is 0 Å². The molecule has 138 valence electrons. The van der Waals surface area contributed by atoms with Crippen molar-refractivity contribution in [1.82, 2.24) is 9.55 Å². The molecule has 0 radical (unpaired) electrons. The molecule has 2 aromatic rings. The van der Waals surface area contributed by atoms with Crippen molar-refractivity contribution in [3.63, 3.8) is 0 Å². The first-order chi connectivity index (χ1) is 12.6. The fraction of sp³-hybridized carbons (Fsp3) is 0.375. The van der Waals surface area contributed by atoms with Crippen LogP contribution in [0.25, 0.3) is 0 Å². The Morgan fingerprint density at radius 2 is 2.15 bits per heavy atom. The number of nitrogens with zero attached hydrogens (tertiary/aromatic N) is 1. The highest BCUT2D eigenvalue weighted by Crippen LogP contribution is 2.47. The molecule has 1 aromatic heterocycles. The molecule has 4 unspecified atom stereocenters. The molecule has 1 aromatic carbocycles. The van der Waals surface area contributed by atoms with Crippen LogP contribution in [0.5, 0.6) is 5.75 Å². The van der Waals surface area contributed by atoms with Gasteiger partial charge >= 0.3 is 14.3 Å². The van der Waals surface area contributed by atoms with Gasteiger partial charge in [-0.1, -0.05) is 18.2 Å². The average molecular weight is 382 g/mol. The first-order valence-electron chi connectivity index (χ1n) is 8.03. The van der Waals surface area contributed by atoms with Crippen molar-refractivity contribution >= 4 is 8.60 Å². The molecule has 8 nitrogen and oxygen atoms in total. The molecule has 4 atom stereocenters. The van der Waals surface area contributed by atoms with Gasteiger partial charge in [0.05, 0.1) is 13.2 Å². The second-order valence-electron chi connectivity index (χ2n) is 5.89. The topological polar surface area (TPSA) is 91.8 Å². The van der Waals surface area contributed by atoms with Crippen molar-refractivity contribution < 1.29 is 22.7 Å². The van der Waals surface area contributed by atoms with Gasteiger partial charge in [-0.15, -0.1) is 0 Å². The van der Waals surface area contributed by atoms with Crippen LogP contribution in [0, 0.1) is 0 Å². The Kier molecular flexibility index (Phi) is 4.86. The Balaban J connectivity index is 1.36. The molecular formula is C16H16FN2O6P. The zero-order chi connectivity index (χ0) is 18.1. The molecule has 2 aliphatic rings. The number of nitrogens with one attached hydrogen (secondary N) is 1. The molecule has 0 saturated carbocycles. The fourth-order valence-corrected chi connectivity index (χ4v) is 3.83. The lowest BCUT2D eigenvalue weighted by Gasteiger charge is -2.24. The molecule has 2 aliphatic heterocycles. The number of halogens is 1. The SMILES string of the molecule is O=c1ccn(C2CC(F)C(COP3OCc4ccccc4O3)O2)c(=O)[nH]1. The van der Waals surface area contributed by atoms with Gasteiger partial charge in [0.2, 0.25) is 0 Å². The van der Waals surface area contributed by atoms with Crippen molar-refractivity contribution in [2.45, 2.75) is 31.5 Å². The second-order valence-corrected chi connectivity index (χ2v) is 7.04. The molecule has 1 saturated heterocycles. The summed E-state index contributed by atoms with van der Waals surface area (Å²) >= 11 is 0. The third kappa shape index (κ3) is 3.57. The molecule has 0 amide bonds. The lowest BCUT2D eigenvalue weighted by molar-refractivity contribution is -0.0335. The van der Waals surface area contributed by atoms with Gasteiger partial charge < -0.3 is 9.26 Å². The van der Waals surface area contributed by atoms with Crippen molar-refractivity contribution in [1.29, 1.82) is 0 Å². The van der Waals surface area contributed by atoms with E-state index in [1.54, 1.807) is 0 Å². The van der Waals surface area contributed by atoms with E-state index in [2.05, 4.69) is 4.98 Å². The number of fused-ring (bicyclic) bond motifs is 1. The van der Waals surface area contributed by atoms with Gasteiger partial charge in [0.1, 0.15) is 24.3 Å². The van der Waals surface area contributed by atoms with Crippen LogP contribution in [0.4, 0.5) is 4.39 Å². The number of aromatic nitrogens is 2. The van der Waals surface area contributed by atoms with E-state index >= 15 is 0 Å². The standard InChI is InChI=1S/C16H16FN2O6P/c17-11-7-15(19-6-5-14(20)18-16(19)21)24-13(11)9-23-26-22-8-10-3-1-2-4-12(10)25-26/h1-6,11,13,15H,7-9H2,(H,18,20,21). The Hall–Kier alpha value is -2.06.